The Labute approximate surface area is 180 Å². The number of aryl methyl sites for hydroxylation is 2. The first kappa shape index (κ1) is 21.0. The van der Waals surface area contributed by atoms with Crippen molar-refractivity contribution in [3.8, 4) is 17.1 Å². The highest BCUT2D eigenvalue weighted by Crippen LogP contribution is 2.26. The second-order valence-electron chi connectivity index (χ2n) is 7.86. The molecule has 3 heterocycles. The summed E-state index contributed by atoms with van der Waals surface area (Å²) in [7, 11) is 0. The van der Waals surface area contributed by atoms with Gasteiger partial charge in [0.05, 0.1) is 23.3 Å². The van der Waals surface area contributed by atoms with Crippen molar-refractivity contribution in [1.82, 2.24) is 20.4 Å². The Bertz CT molecular complexity index is 1030. The molecule has 0 saturated heterocycles. The minimum Gasteiger partial charge on any atom is -0.473 e. The van der Waals surface area contributed by atoms with Crippen molar-refractivity contribution in [3.05, 3.63) is 59.2 Å². The third-order valence-electron chi connectivity index (χ3n) is 5.58. The van der Waals surface area contributed by atoms with Crippen molar-refractivity contribution in [2.45, 2.75) is 58.3 Å². The van der Waals surface area contributed by atoms with Gasteiger partial charge in [-0.15, -0.1) is 0 Å². The number of nitrogens with zero attached hydrogens (tertiary/aromatic N) is 3. The van der Waals surface area contributed by atoms with Crippen LogP contribution in [0.4, 0.5) is 0 Å². The van der Waals surface area contributed by atoms with Crippen LogP contribution in [-0.4, -0.2) is 38.3 Å². The quantitative estimate of drug-likeness (QED) is 0.627. The number of rotatable bonds is 6. The number of nitrogens with one attached hydrogen (secondary N) is 1. The zero-order valence-electron chi connectivity index (χ0n) is 17.7. The first-order valence-corrected chi connectivity index (χ1v) is 10.5. The zero-order chi connectivity index (χ0) is 21.8. The maximum Gasteiger partial charge on any atom is 0.253 e. The van der Waals surface area contributed by atoms with E-state index in [1.807, 2.05) is 26.0 Å². The van der Waals surface area contributed by atoms with Gasteiger partial charge >= 0.3 is 0 Å². The first-order valence-electron chi connectivity index (χ1n) is 10.5. The van der Waals surface area contributed by atoms with Gasteiger partial charge in [-0.2, -0.15) is 0 Å². The number of pyridine rings is 2. The summed E-state index contributed by atoms with van der Waals surface area (Å²) in [6.07, 6.45) is 6.26. The van der Waals surface area contributed by atoms with Gasteiger partial charge in [-0.1, -0.05) is 18.0 Å². The Hall–Kier alpha value is -3.26. The molecule has 0 aromatic carbocycles. The summed E-state index contributed by atoms with van der Waals surface area (Å²) in [5.74, 6) is 0.814. The van der Waals surface area contributed by atoms with Gasteiger partial charge in [0.1, 0.15) is 18.1 Å². The van der Waals surface area contributed by atoms with Crippen LogP contribution in [0.25, 0.3) is 11.3 Å². The van der Waals surface area contributed by atoms with Crippen molar-refractivity contribution < 1.29 is 19.2 Å². The molecular weight excluding hydrogens is 396 g/mol. The summed E-state index contributed by atoms with van der Waals surface area (Å²) in [5, 5.41) is 17.1. The highest BCUT2D eigenvalue weighted by atomic mass is 16.5. The molecule has 0 unspecified atom stereocenters. The van der Waals surface area contributed by atoms with E-state index in [2.05, 4.69) is 20.4 Å². The van der Waals surface area contributed by atoms with Crippen LogP contribution in [0.2, 0.25) is 0 Å². The molecule has 0 spiro atoms. The molecule has 4 rings (SSSR count). The Morgan fingerprint density at radius 3 is 2.71 bits per heavy atom. The van der Waals surface area contributed by atoms with E-state index in [4.69, 9.17) is 9.26 Å². The van der Waals surface area contributed by atoms with E-state index in [0.29, 0.717) is 22.9 Å². The van der Waals surface area contributed by atoms with E-state index < -0.39 is 6.10 Å². The molecule has 0 radical (unpaired) electrons. The van der Waals surface area contributed by atoms with Crippen LogP contribution in [0.1, 0.15) is 53.1 Å². The molecule has 1 aliphatic carbocycles. The smallest absolute Gasteiger partial charge is 0.253 e. The number of carbonyl (C=O) groups is 1. The Balaban J connectivity index is 1.39. The van der Waals surface area contributed by atoms with Crippen molar-refractivity contribution in [3.63, 3.8) is 0 Å². The summed E-state index contributed by atoms with van der Waals surface area (Å²) < 4.78 is 11.2. The Morgan fingerprint density at radius 2 is 2.00 bits per heavy atom. The molecule has 3 aromatic rings. The van der Waals surface area contributed by atoms with Crippen molar-refractivity contribution in [1.29, 1.82) is 0 Å². The van der Waals surface area contributed by atoms with Gasteiger partial charge in [-0.3, -0.25) is 9.78 Å². The van der Waals surface area contributed by atoms with Gasteiger partial charge in [-0.25, -0.2) is 4.98 Å². The van der Waals surface area contributed by atoms with Crippen LogP contribution in [0.3, 0.4) is 0 Å². The number of ether oxygens (including phenoxy) is 1. The normalized spacial score (nSPS) is 18.5. The average molecular weight is 422 g/mol. The molecule has 2 N–H and O–H groups in total. The average Bonchev–Trinajstić information content (AvgIpc) is 3.15. The number of aliphatic hydroxyl groups excluding tert-OH is 1. The standard InChI is InChI=1S/C23H26N4O4/c1-14-7-8-16(11-24-14)22-18(15(2)31-27-22)13-30-21-10-9-17(12-25-21)23(29)26-19-5-3-4-6-20(19)28/h7-12,19-20,28H,3-6,13H2,1-2H3,(H,26,29)/t19-,20+/m0/s1. The highest BCUT2D eigenvalue weighted by Gasteiger charge is 2.25. The Kier molecular flexibility index (Phi) is 6.27. The summed E-state index contributed by atoms with van der Waals surface area (Å²) in [6.45, 7) is 3.98. The van der Waals surface area contributed by atoms with Gasteiger partial charge in [-0.05, 0) is 44.9 Å². The molecule has 8 heteroatoms. The molecule has 1 aliphatic rings. The molecule has 1 amide bonds. The lowest BCUT2D eigenvalue weighted by atomic mass is 9.92. The number of amides is 1. The molecular formula is C23H26N4O4. The number of carbonyl (C=O) groups excluding carboxylic acids is 1. The topological polar surface area (TPSA) is 110 Å². The molecule has 8 nitrogen and oxygen atoms in total. The molecule has 1 fully saturated rings. The van der Waals surface area contributed by atoms with Gasteiger partial charge in [0, 0.05) is 29.7 Å². The van der Waals surface area contributed by atoms with Crippen molar-refractivity contribution in [2.24, 2.45) is 0 Å². The van der Waals surface area contributed by atoms with Crippen LogP contribution in [0.15, 0.2) is 41.2 Å². The number of aliphatic hydroxyl groups is 1. The lowest BCUT2D eigenvalue weighted by molar-refractivity contribution is 0.0717. The minimum absolute atomic E-state index is 0.205. The predicted octanol–water partition coefficient (Wildman–Crippen LogP) is 3.36. The van der Waals surface area contributed by atoms with Gasteiger partial charge in [0.15, 0.2) is 0 Å². The van der Waals surface area contributed by atoms with Gasteiger partial charge in [0.2, 0.25) is 5.88 Å². The molecule has 3 aromatic heterocycles. The van der Waals surface area contributed by atoms with Crippen LogP contribution < -0.4 is 10.1 Å². The summed E-state index contributed by atoms with van der Waals surface area (Å²) in [6, 6.07) is 6.98. The molecule has 1 saturated carbocycles. The lowest BCUT2D eigenvalue weighted by Crippen LogP contribution is -2.45. The van der Waals surface area contributed by atoms with Crippen molar-refractivity contribution in [2.75, 3.05) is 0 Å². The molecule has 0 bridgehead atoms. The monoisotopic (exact) mass is 422 g/mol. The fourth-order valence-corrected chi connectivity index (χ4v) is 3.67. The number of hydrogen-bond donors (Lipinski definition) is 2. The van der Waals surface area contributed by atoms with Crippen LogP contribution in [-0.2, 0) is 6.61 Å². The van der Waals surface area contributed by atoms with E-state index in [-0.39, 0.29) is 18.6 Å². The maximum atomic E-state index is 12.5. The third kappa shape index (κ3) is 4.91. The Morgan fingerprint density at radius 1 is 1.16 bits per heavy atom. The van der Waals surface area contributed by atoms with E-state index in [1.54, 1.807) is 18.3 Å². The molecule has 162 valence electrons. The second kappa shape index (κ2) is 9.26. The maximum absolute atomic E-state index is 12.5. The van der Waals surface area contributed by atoms with E-state index in [1.165, 1.54) is 6.20 Å². The lowest BCUT2D eigenvalue weighted by Gasteiger charge is -2.28. The van der Waals surface area contributed by atoms with E-state index >= 15 is 0 Å². The summed E-state index contributed by atoms with van der Waals surface area (Å²) >= 11 is 0. The summed E-state index contributed by atoms with van der Waals surface area (Å²) in [5.41, 5.74) is 3.71. The van der Waals surface area contributed by atoms with E-state index in [9.17, 15) is 9.90 Å². The van der Waals surface area contributed by atoms with Crippen LogP contribution >= 0.6 is 0 Å². The SMILES string of the molecule is Cc1ccc(-c2noc(C)c2COc2ccc(C(=O)N[C@H]3CCCC[C@H]3O)cn2)cn1. The fourth-order valence-electron chi connectivity index (χ4n) is 3.67. The second-order valence-corrected chi connectivity index (χ2v) is 7.86. The first-order chi connectivity index (χ1) is 15.0. The number of aromatic nitrogens is 3. The van der Waals surface area contributed by atoms with Crippen molar-refractivity contribution >= 4 is 5.91 Å². The number of hydrogen-bond acceptors (Lipinski definition) is 7. The fraction of sp³-hybridized carbons (Fsp3) is 0.391. The molecule has 31 heavy (non-hydrogen) atoms. The van der Waals surface area contributed by atoms with Crippen LogP contribution in [0, 0.1) is 13.8 Å². The minimum atomic E-state index is -0.488. The summed E-state index contributed by atoms with van der Waals surface area (Å²) in [4.78, 5) is 21.0. The zero-order valence-corrected chi connectivity index (χ0v) is 17.7. The van der Waals surface area contributed by atoms with Gasteiger partial charge in [0.25, 0.3) is 5.91 Å². The van der Waals surface area contributed by atoms with Crippen LogP contribution in [0.5, 0.6) is 5.88 Å². The molecule has 0 aliphatic heterocycles. The van der Waals surface area contributed by atoms with Gasteiger partial charge < -0.3 is 19.7 Å². The third-order valence-corrected chi connectivity index (χ3v) is 5.58. The largest absolute Gasteiger partial charge is 0.473 e. The molecule has 2 atom stereocenters. The predicted molar refractivity (Wildman–Crippen MR) is 114 cm³/mol. The highest BCUT2D eigenvalue weighted by molar-refractivity contribution is 5.94. The van der Waals surface area contributed by atoms with E-state index in [0.717, 1.165) is 42.5 Å².